The number of rotatable bonds is 5. The summed E-state index contributed by atoms with van der Waals surface area (Å²) in [5.74, 6) is 0.771. The Balaban J connectivity index is 1.35. The van der Waals surface area contributed by atoms with E-state index in [2.05, 4.69) is 40.8 Å². The van der Waals surface area contributed by atoms with Gasteiger partial charge in [0.05, 0.1) is 19.7 Å². The number of carbonyl (C=O) groups excluding carboxylic acids is 2. The van der Waals surface area contributed by atoms with Crippen LogP contribution in [-0.2, 0) is 17.9 Å². The zero-order valence-corrected chi connectivity index (χ0v) is 23.2. The molecule has 3 aromatic carbocycles. The fourth-order valence-corrected chi connectivity index (χ4v) is 6.05. The van der Waals surface area contributed by atoms with Crippen LogP contribution in [0.2, 0.25) is 0 Å². The van der Waals surface area contributed by atoms with E-state index in [1.54, 1.807) is 7.11 Å². The van der Waals surface area contributed by atoms with Crippen LogP contribution >= 0.6 is 0 Å². The number of carbonyl (C=O) groups is 2. The van der Waals surface area contributed by atoms with Gasteiger partial charge < -0.3 is 24.0 Å². The summed E-state index contributed by atoms with van der Waals surface area (Å²) in [5, 5.41) is 0. The number of piperazine rings is 1. The summed E-state index contributed by atoms with van der Waals surface area (Å²) in [7, 11) is 3.76. The topological polar surface area (TPSA) is 58.0 Å². The second-order valence-corrected chi connectivity index (χ2v) is 10.7. The fourth-order valence-electron chi connectivity index (χ4n) is 6.05. The molecule has 1 aromatic heterocycles. The van der Waals surface area contributed by atoms with E-state index in [1.807, 2.05) is 71.3 Å². The number of para-hydroxylation sites is 1. The van der Waals surface area contributed by atoms with Crippen molar-refractivity contribution in [1.29, 1.82) is 0 Å². The Bertz CT molecular complexity index is 1580. The van der Waals surface area contributed by atoms with Crippen molar-refractivity contribution in [2.45, 2.75) is 26.1 Å². The lowest BCUT2D eigenvalue weighted by molar-refractivity contribution is -0.122. The summed E-state index contributed by atoms with van der Waals surface area (Å²) >= 11 is 0. The molecule has 0 N–H and O–H groups in total. The third-order valence-corrected chi connectivity index (χ3v) is 8.24. The molecule has 0 bridgehead atoms. The molecular weight excluding hydrogens is 500 g/mol. The number of hydrogen-bond acceptors (Lipinski definition) is 4. The molecule has 2 aliphatic rings. The maximum absolute atomic E-state index is 14.1. The predicted octanol–water partition coefficient (Wildman–Crippen LogP) is 5.13. The quantitative estimate of drug-likeness (QED) is 0.333. The van der Waals surface area contributed by atoms with Crippen LogP contribution in [0.4, 0.5) is 5.69 Å². The third kappa shape index (κ3) is 4.67. The normalized spacial score (nSPS) is 17.1. The number of methoxy groups -OCH3 is 1. The van der Waals surface area contributed by atoms with Crippen LogP contribution in [0.3, 0.4) is 0 Å². The highest BCUT2D eigenvalue weighted by molar-refractivity contribution is 6.07. The number of fused-ring (bicyclic) bond motifs is 2. The number of anilines is 1. The van der Waals surface area contributed by atoms with Crippen LogP contribution in [0, 0.1) is 6.92 Å². The Morgan fingerprint density at radius 1 is 0.950 bits per heavy atom. The van der Waals surface area contributed by atoms with Gasteiger partial charge in [-0.3, -0.25) is 9.59 Å². The lowest BCUT2D eigenvalue weighted by Gasteiger charge is -2.38. The van der Waals surface area contributed by atoms with Crippen LogP contribution in [0.15, 0.2) is 78.9 Å². The molecule has 2 amide bonds. The highest BCUT2D eigenvalue weighted by Gasteiger charge is 2.32. The van der Waals surface area contributed by atoms with E-state index in [9.17, 15) is 9.59 Å². The van der Waals surface area contributed by atoms with Crippen molar-refractivity contribution in [2.24, 2.45) is 0 Å². The summed E-state index contributed by atoms with van der Waals surface area (Å²) in [4.78, 5) is 32.1. The lowest BCUT2D eigenvalue weighted by Crippen LogP contribution is -2.46. The average molecular weight is 535 g/mol. The van der Waals surface area contributed by atoms with Gasteiger partial charge in [-0.1, -0.05) is 36.4 Å². The van der Waals surface area contributed by atoms with Gasteiger partial charge in [0, 0.05) is 48.8 Å². The van der Waals surface area contributed by atoms with Gasteiger partial charge >= 0.3 is 0 Å². The average Bonchev–Trinajstić information content (AvgIpc) is 3.29. The van der Waals surface area contributed by atoms with E-state index in [0.29, 0.717) is 25.2 Å². The third-order valence-electron chi connectivity index (χ3n) is 8.24. The molecule has 0 saturated carbocycles. The van der Waals surface area contributed by atoms with Gasteiger partial charge in [0.2, 0.25) is 6.41 Å². The van der Waals surface area contributed by atoms with Crippen LogP contribution in [0.1, 0.15) is 38.9 Å². The second-order valence-electron chi connectivity index (χ2n) is 10.7. The molecule has 40 heavy (non-hydrogen) atoms. The minimum atomic E-state index is -0.0316. The van der Waals surface area contributed by atoms with Gasteiger partial charge in [-0.2, -0.15) is 0 Å². The molecule has 6 rings (SSSR count). The van der Waals surface area contributed by atoms with Crippen molar-refractivity contribution < 1.29 is 14.3 Å². The van der Waals surface area contributed by atoms with Gasteiger partial charge in [-0.05, 0) is 78.7 Å². The van der Waals surface area contributed by atoms with Gasteiger partial charge in [0.1, 0.15) is 5.75 Å². The van der Waals surface area contributed by atoms with Gasteiger partial charge in [-0.25, -0.2) is 0 Å². The highest BCUT2D eigenvalue weighted by atomic mass is 16.5. The van der Waals surface area contributed by atoms with Crippen molar-refractivity contribution in [2.75, 3.05) is 38.7 Å². The number of aromatic nitrogens is 1. The van der Waals surface area contributed by atoms with Crippen LogP contribution in [0.25, 0.3) is 11.1 Å². The minimum absolute atomic E-state index is 0.0220. The molecule has 7 heteroatoms. The monoisotopic (exact) mass is 534 g/mol. The smallest absolute Gasteiger partial charge is 0.258 e. The SMILES string of the molecule is COc1cccc(-c2ccc(C(=O)N3Cc4ccc(C5CN(C)CCN5C=O)n4Cc4ccccc43)cc2C)c1. The molecule has 4 aromatic rings. The van der Waals surface area contributed by atoms with E-state index in [1.165, 1.54) is 0 Å². The van der Waals surface area contributed by atoms with E-state index in [4.69, 9.17) is 4.74 Å². The number of amides is 2. The highest BCUT2D eigenvalue weighted by Crippen LogP contribution is 2.34. The largest absolute Gasteiger partial charge is 0.497 e. The number of aryl methyl sites for hydroxylation is 1. The van der Waals surface area contributed by atoms with Crippen LogP contribution < -0.4 is 9.64 Å². The fraction of sp³-hybridized carbons (Fsp3) is 0.273. The number of benzene rings is 3. The summed E-state index contributed by atoms with van der Waals surface area (Å²) in [5.41, 5.74) is 7.98. The standard InChI is InChI=1S/C33H34N4O3/c1-23-17-25(11-13-29(23)24-8-6-9-28(18-24)40-3)33(39)37-20-27-12-14-31(32-21-34(2)15-16-35(32)22-38)36(27)19-26-7-4-5-10-30(26)37/h4-14,17-18,22,32H,15-16,19-21H2,1-3H3. The molecule has 1 fully saturated rings. The predicted molar refractivity (Wildman–Crippen MR) is 157 cm³/mol. The zero-order valence-electron chi connectivity index (χ0n) is 23.2. The summed E-state index contributed by atoms with van der Waals surface area (Å²) < 4.78 is 7.70. The maximum Gasteiger partial charge on any atom is 0.258 e. The van der Waals surface area contributed by atoms with Crippen molar-refractivity contribution in [3.05, 3.63) is 107 Å². The number of likely N-dealkylation sites (N-methyl/N-ethyl adjacent to an activating group) is 1. The molecule has 3 heterocycles. The summed E-state index contributed by atoms with van der Waals surface area (Å²) in [6.07, 6.45) is 0.968. The Morgan fingerprint density at radius 3 is 2.60 bits per heavy atom. The number of nitrogens with zero attached hydrogens (tertiary/aromatic N) is 4. The molecule has 204 valence electrons. The Kier molecular flexibility index (Phi) is 6.90. The Morgan fingerprint density at radius 2 is 1.80 bits per heavy atom. The van der Waals surface area contributed by atoms with E-state index >= 15 is 0 Å². The molecule has 0 radical (unpaired) electrons. The van der Waals surface area contributed by atoms with Gasteiger partial charge in [0.25, 0.3) is 5.91 Å². The molecule has 0 aliphatic carbocycles. The van der Waals surface area contributed by atoms with Crippen LogP contribution in [0.5, 0.6) is 5.75 Å². The first kappa shape index (κ1) is 25.9. The first-order valence-electron chi connectivity index (χ1n) is 13.7. The van der Waals surface area contributed by atoms with E-state index in [0.717, 1.165) is 64.6 Å². The summed E-state index contributed by atoms with van der Waals surface area (Å²) in [6.45, 7) is 5.50. The molecule has 7 nitrogen and oxygen atoms in total. The van der Waals surface area contributed by atoms with E-state index in [-0.39, 0.29) is 11.9 Å². The molecule has 1 unspecified atom stereocenters. The first-order valence-corrected chi connectivity index (χ1v) is 13.7. The first-order chi connectivity index (χ1) is 19.5. The van der Waals surface area contributed by atoms with Gasteiger partial charge in [0.15, 0.2) is 0 Å². The maximum atomic E-state index is 14.1. The zero-order chi connectivity index (χ0) is 27.8. The van der Waals surface area contributed by atoms with Crippen molar-refractivity contribution in [3.8, 4) is 16.9 Å². The number of hydrogen-bond donors (Lipinski definition) is 0. The molecule has 1 saturated heterocycles. The molecular formula is C33H34N4O3. The van der Waals surface area contributed by atoms with E-state index < -0.39 is 0 Å². The molecule has 1 atom stereocenters. The second kappa shape index (κ2) is 10.7. The lowest BCUT2D eigenvalue weighted by atomic mass is 9.97. The van der Waals surface area contributed by atoms with Crippen molar-refractivity contribution in [1.82, 2.24) is 14.4 Å². The molecule has 2 aliphatic heterocycles. The Hall–Kier alpha value is -4.36. The van der Waals surface area contributed by atoms with Crippen LogP contribution in [-0.4, -0.2) is 60.5 Å². The summed E-state index contributed by atoms with van der Waals surface area (Å²) in [6, 6.07) is 26.2. The van der Waals surface area contributed by atoms with Crippen molar-refractivity contribution in [3.63, 3.8) is 0 Å². The number of ether oxygens (including phenoxy) is 1. The van der Waals surface area contributed by atoms with Gasteiger partial charge in [-0.15, -0.1) is 0 Å². The minimum Gasteiger partial charge on any atom is -0.497 e. The van der Waals surface area contributed by atoms with Crippen molar-refractivity contribution >= 4 is 18.0 Å². The molecule has 0 spiro atoms. The Labute approximate surface area is 235 Å².